The SMILES string of the molecule is O=C=Nc1ccc(Oc2ccc(Cl)cc2)cc1Cl. The fraction of sp³-hybridized carbons (Fsp3) is 0. The van der Waals surface area contributed by atoms with E-state index in [0.29, 0.717) is 27.2 Å². The number of benzene rings is 2. The number of halogens is 2. The Hall–Kier alpha value is -1.80. The summed E-state index contributed by atoms with van der Waals surface area (Å²) in [7, 11) is 0. The molecule has 2 rings (SSSR count). The van der Waals surface area contributed by atoms with Crippen molar-refractivity contribution >= 4 is 35.0 Å². The van der Waals surface area contributed by atoms with E-state index in [4.69, 9.17) is 27.9 Å². The van der Waals surface area contributed by atoms with Gasteiger partial charge in [0.1, 0.15) is 11.5 Å². The highest BCUT2D eigenvalue weighted by molar-refractivity contribution is 6.33. The van der Waals surface area contributed by atoms with Crippen molar-refractivity contribution in [2.45, 2.75) is 0 Å². The number of hydrogen-bond donors (Lipinski definition) is 0. The van der Waals surface area contributed by atoms with Crippen LogP contribution in [0, 0.1) is 0 Å². The van der Waals surface area contributed by atoms with Crippen LogP contribution >= 0.6 is 23.2 Å². The Labute approximate surface area is 114 Å². The number of carbonyl (C=O) groups excluding carboxylic acids is 1. The van der Waals surface area contributed by atoms with Crippen LogP contribution in [0.25, 0.3) is 0 Å². The van der Waals surface area contributed by atoms with Gasteiger partial charge in [-0.15, -0.1) is 0 Å². The first kappa shape index (κ1) is 12.7. The predicted molar refractivity (Wildman–Crippen MR) is 70.8 cm³/mol. The summed E-state index contributed by atoms with van der Waals surface area (Å²) in [6.07, 6.45) is 1.44. The van der Waals surface area contributed by atoms with Crippen molar-refractivity contribution in [3.8, 4) is 11.5 Å². The molecule has 0 aliphatic carbocycles. The Balaban J connectivity index is 2.22. The van der Waals surface area contributed by atoms with Gasteiger partial charge in [0.2, 0.25) is 6.08 Å². The maximum absolute atomic E-state index is 10.1. The second-order valence-corrected chi connectivity index (χ2v) is 4.22. The van der Waals surface area contributed by atoms with Gasteiger partial charge in [0.15, 0.2) is 0 Å². The topological polar surface area (TPSA) is 38.7 Å². The number of ether oxygens (including phenoxy) is 1. The van der Waals surface area contributed by atoms with Gasteiger partial charge in [0, 0.05) is 11.1 Å². The Morgan fingerprint density at radius 3 is 2.28 bits per heavy atom. The highest BCUT2D eigenvalue weighted by atomic mass is 35.5. The van der Waals surface area contributed by atoms with E-state index >= 15 is 0 Å². The minimum atomic E-state index is 0.324. The third kappa shape index (κ3) is 3.11. The lowest BCUT2D eigenvalue weighted by atomic mass is 10.3. The summed E-state index contributed by atoms with van der Waals surface area (Å²) in [5, 5.41) is 0.959. The first-order valence-electron chi connectivity index (χ1n) is 5.00. The lowest BCUT2D eigenvalue weighted by molar-refractivity contribution is 0.483. The van der Waals surface area contributed by atoms with Crippen molar-refractivity contribution in [3.63, 3.8) is 0 Å². The van der Waals surface area contributed by atoms with Crippen LogP contribution in [0.4, 0.5) is 5.69 Å². The summed E-state index contributed by atoms with van der Waals surface area (Å²) < 4.78 is 5.56. The molecule has 5 heteroatoms. The molecular weight excluding hydrogens is 273 g/mol. The van der Waals surface area contributed by atoms with Gasteiger partial charge in [-0.1, -0.05) is 23.2 Å². The van der Waals surface area contributed by atoms with Gasteiger partial charge in [0.05, 0.1) is 10.7 Å². The van der Waals surface area contributed by atoms with Crippen LogP contribution < -0.4 is 4.74 Å². The van der Waals surface area contributed by atoms with Crippen LogP contribution in [0.2, 0.25) is 10.0 Å². The van der Waals surface area contributed by atoms with Crippen molar-refractivity contribution in [1.82, 2.24) is 0 Å². The van der Waals surface area contributed by atoms with Crippen LogP contribution in [-0.2, 0) is 4.79 Å². The number of nitrogens with zero attached hydrogens (tertiary/aromatic N) is 1. The van der Waals surface area contributed by atoms with Gasteiger partial charge in [-0.05, 0) is 36.4 Å². The lowest BCUT2D eigenvalue weighted by Crippen LogP contribution is -1.83. The third-order valence-electron chi connectivity index (χ3n) is 2.13. The van der Waals surface area contributed by atoms with Crippen molar-refractivity contribution in [2.75, 3.05) is 0 Å². The minimum Gasteiger partial charge on any atom is -0.457 e. The smallest absolute Gasteiger partial charge is 0.240 e. The van der Waals surface area contributed by atoms with Crippen LogP contribution in [0.3, 0.4) is 0 Å². The molecule has 0 fully saturated rings. The van der Waals surface area contributed by atoms with E-state index in [-0.39, 0.29) is 0 Å². The number of isocyanates is 1. The van der Waals surface area contributed by atoms with Crippen LogP contribution in [0.1, 0.15) is 0 Å². The Morgan fingerprint density at radius 2 is 1.67 bits per heavy atom. The zero-order valence-corrected chi connectivity index (χ0v) is 10.6. The molecule has 0 bridgehead atoms. The standard InChI is InChI=1S/C13H7Cl2NO2/c14-9-1-3-10(4-2-9)18-11-5-6-13(16-8-17)12(15)7-11/h1-7H. The van der Waals surface area contributed by atoms with E-state index in [2.05, 4.69) is 4.99 Å². The van der Waals surface area contributed by atoms with Crippen LogP contribution in [-0.4, -0.2) is 6.08 Å². The highest BCUT2D eigenvalue weighted by Crippen LogP contribution is 2.31. The molecule has 0 saturated heterocycles. The molecule has 0 aliphatic rings. The monoisotopic (exact) mass is 279 g/mol. The zero-order valence-electron chi connectivity index (χ0n) is 9.06. The second-order valence-electron chi connectivity index (χ2n) is 3.37. The van der Waals surface area contributed by atoms with Gasteiger partial charge in [-0.25, -0.2) is 4.79 Å². The summed E-state index contributed by atoms with van der Waals surface area (Å²) in [5.74, 6) is 1.19. The molecule has 0 aliphatic heterocycles. The molecule has 0 unspecified atom stereocenters. The third-order valence-corrected chi connectivity index (χ3v) is 2.69. The largest absolute Gasteiger partial charge is 0.457 e. The molecule has 0 spiro atoms. The molecule has 2 aromatic carbocycles. The van der Waals surface area contributed by atoms with E-state index in [0.717, 1.165) is 0 Å². The van der Waals surface area contributed by atoms with Gasteiger partial charge in [-0.2, -0.15) is 4.99 Å². The molecule has 0 saturated carbocycles. The fourth-order valence-electron chi connectivity index (χ4n) is 1.33. The van der Waals surface area contributed by atoms with Gasteiger partial charge in [-0.3, -0.25) is 0 Å². The average molecular weight is 280 g/mol. The normalized spacial score (nSPS) is 9.67. The van der Waals surface area contributed by atoms with E-state index in [9.17, 15) is 4.79 Å². The Bertz CT molecular complexity index is 605. The summed E-state index contributed by atoms with van der Waals surface area (Å²) in [4.78, 5) is 13.6. The van der Waals surface area contributed by atoms with Gasteiger partial charge < -0.3 is 4.74 Å². The molecule has 0 N–H and O–H groups in total. The average Bonchev–Trinajstić information content (AvgIpc) is 2.36. The molecule has 3 nitrogen and oxygen atoms in total. The molecule has 0 atom stereocenters. The second kappa shape index (κ2) is 5.69. The number of aliphatic imine (C=N–C) groups is 1. The Kier molecular flexibility index (Phi) is 4.00. The van der Waals surface area contributed by atoms with E-state index in [1.165, 1.54) is 6.08 Å². The summed E-state index contributed by atoms with van der Waals surface area (Å²) in [6, 6.07) is 11.8. The number of rotatable bonds is 3. The van der Waals surface area contributed by atoms with Crippen LogP contribution in [0.5, 0.6) is 11.5 Å². The molecule has 90 valence electrons. The Morgan fingerprint density at radius 1 is 1.00 bits per heavy atom. The quantitative estimate of drug-likeness (QED) is 0.601. The van der Waals surface area contributed by atoms with Crippen LogP contribution in [0.15, 0.2) is 47.5 Å². The summed E-state index contributed by atoms with van der Waals surface area (Å²) >= 11 is 11.7. The lowest BCUT2D eigenvalue weighted by Gasteiger charge is -2.06. The van der Waals surface area contributed by atoms with Gasteiger partial charge >= 0.3 is 0 Å². The van der Waals surface area contributed by atoms with E-state index < -0.39 is 0 Å². The van der Waals surface area contributed by atoms with Crippen molar-refractivity contribution in [1.29, 1.82) is 0 Å². The number of hydrogen-bond acceptors (Lipinski definition) is 3. The molecule has 0 radical (unpaired) electrons. The fourth-order valence-corrected chi connectivity index (χ4v) is 1.67. The maximum Gasteiger partial charge on any atom is 0.240 e. The molecule has 0 heterocycles. The zero-order chi connectivity index (χ0) is 13.0. The predicted octanol–water partition coefficient (Wildman–Crippen LogP) is 4.75. The first-order chi connectivity index (χ1) is 8.69. The van der Waals surface area contributed by atoms with E-state index in [1.807, 2.05) is 0 Å². The van der Waals surface area contributed by atoms with Crippen molar-refractivity contribution in [3.05, 3.63) is 52.5 Å². The van der Waals surface area contributed by atoms with Gasteiger partial charge in [0.25, 0.3) is 0 Å². The molecule has 0 amide bonds. The van der Waals surface area contributed by atoms with Crippen molar-refractivity contribution in [2.24, 2.45) is 4.99 Å². The summed E-state index contributed by atoms with van der Waals surface area (Å²) in [5.41, 5.74) is 0.357. The molecular formula is C13H7Cl2NO2. The molecule has 18 heavy (non-hydrogen) atoms. The first-order valence-corrected chi connectivity index (χ1v) is 5.75. The maximum atomic E-state index is 10.1. The van der Waals surface area contributed by atoms with Crippen molar-refractivity contribution < 1.29 is 9.53 Å². The van der Waals surface area contributed by atoms with E-state index in [1.54, 1.807) is 42.5 Å². The highest BCUT2D eigenvalue weighted by Gasteiger charge is 2.03. The molecule has 2 aromatic rings. The minimum absolute atomic E-state index is 0.324. The summed E-state index contributed by atoms with van der Waals surface area (Å²) in [6.45, 7) is 0. The molecule has 0 aromatic heterocycles.